The van der Waals surface area contributed by atoms with Gasteiger partial charge in [-0.3, -0.25) is 4.79 Å². The van der Waals surface area contributed by atoms with E-state index in [1.54, 1.807) is 19.6 Å². The number of nitrogens with two attached hydrogens (primary N) is 1. The molecule has 0 bridgehead atoms. The molecule has 1 aliphatic carbocycles. The highest BCUT2D eigenvalue weighted by Gasteiger charge is 2.27. The third-order valence-electron chi connectivity index (χ3n) is 6.14. The summed E-state index contributed by atoms with van der Waals surface area (Å²) in [5, 5.41) is 6.44. The standard InChI is InChI=1S/C25H31N5O4S/c1-16(17-4-3-5-18(13-17)33-2)12-22(31)29-24-23(26)20-7-6-19(14-21(20)35-24)34-25(32)28-9-11-30-10-8-27-15-30/h3-5,8,10,13,15-16,19H,6-7,9,11-12,14,26H2,1-2H3,(H,28,32)(H,29,31). The summed E-state index contributed by atoms with van der Waals surface area (Å²) in [6, 6.07) is 7.75. The molecule has 3 aromatic rings. The molecule has 1 aliphatic rings. The molecular formula is C25H31N5O4S. The van der Waals surface area contributed by atoms with Gasteiger partial charge in [0.2, 0.25) is 5.91 Å². The molecule has 0 aliphatic heterocycles. The number of carbonyl (C=O) groups excluding carboxylic acids is 2. The van der Waals surface area contributed by atoms with Crippen molar-refractivity contribution in [2.45, 2.75) is 51.2 Å². The molecule has 2 amide bonds. The van der Waals surface area contributed by atoms with Crippen molar-refractivity contribution in [2.24, 2.45) is 0 Å². The number of fused-ring (bicyclic) bond motifs is 1. The van der Waals surface area contributed by atoms with Crippen LogP contribution in [0.2, 0.25) is 0 Å². The Balaban J connectivity index is 1.28. The number of nitrogens with one attached hydrogen (secondary N) is 2. The van der Waals surface area contributed by atoms with Crippen LogP contribution in [-0.2, 0) is 28.9 Å². The molecule has 35 heavy (non-hydrogen) atoms. The number of carbonyl (C=O) groups is 2. The van der Waals surface area contributed by atoms with Gasteiger partial charge in [-0.15, -0.1) is 11.3 Å². The number of amides is 2. The number of anilines is 2. The van der Waals surface area contributed by atoms with Crippen molar-refractivity contribution < 1.29 is 19.1 Å². The number of hydrogen-bond donors (Lipinski definition) is 3. The number of thiophene rings is 1. The van der Waals surface area contributed by atoms with Crippen LogP contribution >= 0.6 is 11.3 Å². The largest absolute Gasteiger partial charge is 0.497 e. The summed E-state index contributed by atoms with van der Waals surface area (Å²) in [5.74, 6) is 0.718. The van der Waals surface area contributed by atoms with Crippen LogP contribution in [0.25, 0.3) is 0 Å². The molecule has 0 spiro atoms. The van der Waals surface area contributed by atoms with Crippen LogP contribution in [0.3, 0.4) is 0 Å². The third-order valence-corrected chi connectivity index (χ3v) is 7.33. The zero-order valence-corrected chi connectivity index (χ0v) is 20.8. The number of aromatic nitrogens is 2. The van der Waals surface area contributed by atoms with Crippen molar-refractivity contribution in [2.75, 3.05) is 24.7 Å². The lowest BCUT2D eigenvalue weighted by molar-refractivity contribution is -0.116. The molecule has 4 rings (SSSR count). The molecule has 0 saturated heterocycles. The highest BCUT2D eigenvalue weighted by atomic mass is 32.1. The van der Waals surface area contributed by atoms with E-state index < -0.39 is 6.09 Å². The Morgan fingerprint density at radius 3 is 3.00 bits per heavy atom. The second kappa shape index (κ2) is 11.3. The highest BCUT2D eigenvalue weighted by molar-refractivity contribution is 7.17. The van der Waals surface area contributed by atoms with Crippen LogP contribution in [0.15, 0.2) is 43.0 Å². The predicted octanol–water partition coefficient (Wildman–Crippen LogP) is 3.95. The quantitative estimate of drug-likeness (QED) is 0.412. The normalized spacial score (nSPS) is 15.7. The Morgan fingerprint density at radius 2 is 2.23 bits per heavy atom. The summed E-state index contributed by atoms with van der Waals surface area (Å²) in [6.45, 7) is 3.11. The van der Waals surface area contributed by atoms with Gasteiger partial charge in [-0.25, -0.2) is 9.78 Å². The number of benzene rings is 1. The minimum Gasteiger partial charge on any atom is -0.497 e. The van der Waals surface area contributed by atoms with E-state index in [2.05, 4.69) is 15.6 Å². The summed E-state index contributed by atoms with van der Waals surface area (Å²) in [7, 11) is 1.63. The molecule has 10 heteroatoms. The fraction of sp³-hybridized carbons (Fsp3) is 0.400. The van der Waals surface area contributed by atoms with Crippen molar-refractivity contribution in [3.05, 3.63) is 59.0 Å². The number of nitrogens with zero attached hydrogens (tertiary/aromatic N) is 2. The van der Waals surface area contributed by atoms with Gasteiger partial charge in [-0.2, -0.15) is 0 Å². The molecule has 186 valence electrons. The van der Waals surface area contributed by atoms with Crippen LogP contribution in [-0.4, -0.2) is 41.3 Å². The maximum atomic E-state index is 12.7. The van der Waals surface area contributed by atoms with Gasteiger partial charge in [0.05, 0.1) is 19.1 Å². The SMILES string of the molecule is COc1cccc(C(C)CC(=O)Nc2sc3c(c2N)CCC(OC(=O)NCCn2ccnc2)C3)c1. The molecule has 1 aromatic carbocycles. The molecule has 0 radical (unpaired) electrons. The lowest BCUT2D eigenvalue weighted by atomic mass is 9.95. The number of rotatable bonds is 9. The van der Waals surface area contributed by atoms with Gasteiger partial charge >= 0.3 is 6.09 Å². The molecule has 9 nitrogen and oxygen atoms in total. The van der Waals surface area contributed by atoms with E-state index in [1.165, 1.54) is 11.3 Å². The zero-order valence-electron chi connectivity index (χ0n) is 20.0. The first-order chi connectivity index (χ1) is 16.9. The van der Waals surface area contributed by atoms with Crippen LogP contribution < -0.4 is 21.1 Å². The van der Waals surface area contributed by atoms with E-state index in [9.17, 15) is 9.59 Å². The minimum atomic E-state index is -0.428. The van der Waals surface area contributed by atoms with Gasteiger partial charge in [0, 0.05) is 43.2 Å². The molecule has 2 unspecified atom stereocenters. The van der Waals surface area contributed by atoms with Gasteiger partial charge in [0.1, 0.15) is 16.9 Å². The number of alkyl carbamates (subject to hydrolysis) is 1. The van der Waals surface area contributed by atoms with E-state index >= 15 is 0 Å². The molecule has 2 atom stereocenters. The minimum absolute atomic E-state index is 0.0333. The van der Waals surface area contributed by atoms with E-state index in [4.69, 9.17) is 15.2 Å². The van der Waals surface area contributed by atoms with E-state index in [0.717, 1.165) is 21.8 Å². The fourth-order valence-corrected chi connectivity index (χ4v) is 5.44. The van der Waals surface area contributed by atoms with Crippen molar-refractivity contribution in [3.63, 3.8) is 0 Å². The number of methoxy groups -OCH3 is 1. The smallest absolute Gasteiger partial charge is 0.407 e. The van der Waals surface area contributed by atoms with Crippen LogP contribution in [0, 0.1) is 0 Å². The second-order valence-electron chi connectivity index (χ2n) is 8.67. The average molecular weight is 498 g/mol. The van der Waals surface area contributed by atoms with Crippen LogP contribution in [0.1, 0.15) is 41.7 Å². The average Bonchev–Trinajstić information content (AvgIpc) is 3.47. The van der Waals surface area contributed by atoms with Gasteiger partial charge in [0.25, 0.3) is 0 Å². The summed E-state index contributed by atoms with van der Waals surface area (Å²) in [6.07, 6.45) is 6.93. The van der Waals surface area contributed by atoms with Gasteiger partial charge in [-0.1, -0.05) is 19.1 Å². The summed E-state index contributed by atoms with van der Waals surface area (Å²) in [5.41, 5.74) is 9.07. The molecule has 2 aromatic heterocycles. The lowest BCUT2D eigenvalue weighted by Crippen LogP contribution is -2.33. The van der Waals surface area contributed by atoms with Crippen LogP contribution in [0.5, 0.6) is 5.75 Å². The Bertz CT molecular complexity index is 1160. The van der Waals surface area contributed by atoms with Crippen molar-refractivity contribution in [1.29, 1.82) is 0 Å². The van der Waals surface area contributed by atoms with E-state index in [0.29, 0.717) is 49.5 Å². The summed E-state index contributed by atoms with van der Waals surface area (Å²) >= 11 is 1.47. The fourth-order valence-electron chi connectivity index (χ4n) is 4.19. The van der Waals surface area contributed by atoms with Gasteiger partial charge in [0.15, 0.2) is 0 Å². The number of hydrogen-bond acceptors (Lipinski definition) is 7. The Morgan fingerprint density at radius 1 is 1.37 bits per heavy atom. The first kappa shape index (κ1) is 24.6. The predicted molar refractivity (Wildman–Crippen MR) is 136 cm³/mol. The van der Waals surface area contributed by atoms with E-state index in [-0.39, 0.29) is 17.9 Å². The topological polar surface area (TPSA) is 121 Å². The Kier molecular flexibility index (Phi) is 7.91. The highest BCUT2D eigenvalue weighted by Crippen LogP contribution is 2.41. The van der Waals surface area contributed by atoms with Crippen LogP contribution in [0.4, 0.5) is 15.5 Å². The maximum Gasteiger partial charge on any atom is 0.407 e. The summed E-state index contributed by atoms with van der Waals surface area (Å²) in [4.78, 5) is 30.0. The molecule has 0 saturated carbocycles. The Labute approximate surface area is 208 Å². The number of ether oxygens (including phenoxy) is 2. The maximum absolute atomic E-state index is 12.7. The third kappa shape index (κ3) is 6.33. The molecule has 4 N–H and O–H groups in total. The van der Waals surface area contributed by atoms with Crippen molar-refractivity contribution in [1.82, 2.24) is 14.9 Å². The molecular weight excluding hydrogens is 466 g/mol. The first-order valence-corrected chi connectivity index (χ1v) is 12.5. The van der Waals surface area contributed by atoms with Crippen molar-refractivity contribution >= 4 is 34.0 Å². The number of nitrogen functional groups attached to an aromatic ring is 1. The van der Waals surface area contributed by atoms with E-state index in [1.807, 2.05) is 42.0 Å². The first-order valence-electron chi connectivity index (χ1n) is 11.7. The second-order valence-corrected chi connectivity index (χ2v) is 9.78. The zero-order chi connectivity index (χ0) is 24.8. The summed E-state index contributed by atoms with van der Waals surface area (Å²) < 4.78 is 12.8. The number of imidazole rings is 1. The van der Waals surface area contributed by atoms with Gasteiger partial charge in [-0.05, 0) is 42.0 Å². The molecule has 2 heterocycles. The Hall–Kier alpha value is -3.53. The lowest BCUT2D eigenvalue weighted by Gasteiger charge is -2.22. The van der Waals surface area contributed by atoms with Gasteiger partial charge < -0.3 is 30.4 Å². The molecule has 0 fully saturated rings. The van der Waals surface area contributed by atoms with Crippen molar-refractivity contribution in [3.8, 4) is 5.75 Å². The monoisotopic (exact) mass is 497 g/mol.